The molecule has 40 heavy (non-hydrogen) atoms. The third-order valence-electron chi connectivity index (χ3n) is 8.29. The lowest BCUT2D eigenvalue weighted by Gasteiger charge is -2.42. The molecular formula is C32H38F5NOSi. The zero-order valence-electron chi connectivity index (χ0n) is 24.2. The van der Waals surface area contributed by atoms with E-state index in [0.717, 1.165) is 36.2 Å². The molecule has 2 unspecified atom stereocenters. The first-order valence-corrected chi connectivity index (χ1v) is 16.7. The van der Waals surface area contributed by atoms with Crippen LogP contribution in [0.1, 0.15) is 99.3 Å². The topological polar surface area (TPSA) is 22.1 Å². The quantitative estimate of drug-likeness (QED) is 0.215. The Labute approximate surface area is 235 Å². The third-order valence-corrected chi connectivity index (χ3v) is 12.8. The van der Waals surface area contributed by atoms with Crippen LogP contribution in [0.3, 0.4) is 0 Å². The monoisotopic (exact) mass is 575 g/mol. The molecule has 0 radical (unpaired) electrons. The molecule has 2 aromatic carbocycles. The van der Waals surface area contributed by atoms with Gasteiger partial charge in [-0.2, -0.15) is 13.2 Å². The van der Waals surface area contributed by atoms with Gasteiger partial charge in [0, 0.05) is 16.8 Å². The highest BCUT2D eigenvalue weighted by molar-refractivity contribution is 6.74. The van der Waals surface area contributed by atoms with Crippen molar-refractivity contribution in [3.63, 3.8) is 0 Å². The second-order valence-corrected chi connectivity index (χ2v) is 17.3. The predicted octanol–water partition coefficient (Wildman–Crippen LogP) is 10.5. The fraction of sp³-hybridized carbons (Fsp3) is 0.469. The molecule has 1 aliphatic carbocycles. The standard InChI is InChI=1S/C32H38F5NOSi/c1-19(2)30-28(29(34)21-11-15-22(16-12-21)32(35,36)37)26(20-13-17-23(33)18-14-20)27-24(38-30)9-8-10-25(27)39-40(6,7)31(3,4)5/h11-19,25,29H,8-10H2,1-7H3. The molecule has 1 aliphatic rings. The fourth-order valence-electron chi connectivity index (χ4n) is 5.10. The summed E-state index contributed by atoms with van der Waals surface area (Å²) in [5, 5.41) is -0.0579. The first-order valence-electron chi connectivity index (χ1n) is 13.8. The second-order valence-electron chi connectivity index (χ2n) is 12.5. The van der Waals surface area contributed by atoms with Crippen LogP contribution in [0.5, 0.6) is 0 Å². The third kappa shape index (κ3) is 6.03. The van der Waals surface area contributed by atoms with Crippen molar-refractivity contribution in [2.24, 2.45) is 0 Å². The van der Waals surface area contributed by atoms with Crippen LogP contribution in [0.4, 0.5) is 22.0 Å². The minimum atomic E-state index is -4.52. The number of rotatable bonds is 6. The van der Waals surface area contributed by atoms with E-state index in [1.54, 1.807) is 12.1 Å². The molecule has 0 bridgehead atoms. The number of nitrogens with zero attached hydrogens (tertiary/aromatic N) is 1. The summed E-state index contributed by atoms with van der Waals surface area (Å²) in [6, 6.07) is 10.2. The number of hydrogen-bond donors (Lipinski definition) is 0. The summed E-state index contributed by atoms with van der Waals surface area (Å²) >= 11 is 0. The molecule has 1 heterocycles. The van der Waals surface area contributed by atoms with Gasteiger partial charge in [-0.15, -0.1) is 0 Å². The highest BCUT2D eigenvalue weighted by Gasteiger charge is 2.42. The molecule has 0 amide bonds. The average molecular weight is 576 g/mol. The van der Waals surface area contributed by atoms with E-state index in [0.29, 0.717) is 28.8 Å². The first kappa shape index (κ1) is 30.4. The van der Waals surface area contributed by atoms with E-state index in [9.17, 15) is 17.6 Å². The number of aryl methyl sites for hydroxylation is 1. The molecule has 0 saturated heterocycles. The average Bonchev–Trinajstić information content (AvgIpc) is 2.86. The van der Waals surface area contributed by atoms with Crippen molar-refractivity contribution in [1.82, 2.24) is 4.98 Å². The minimum Gasteiger partial charge on any atom is -0.410 e. The van der Waals surface area contributed by atoms with Gasteiger partial charge in [0.15, 0.2) is 14.5 Å². The molecule has 2 nitrogen and oxygen atoms in total. The SMILES string of the molecule is CC(C)c1nc2c(c(-c3ccc(F)cc3)c1C(F)c1ccc(C(F)(F)F)cc1)C(O[Si](C)(C)C(C)(C)C)CCC2. The maximum Gasteiger partial charge on any atom is 0.416 e. The van der Waals surface area contributed by atoms with Crippen molar-refractivity contribution in [1.29, 1.82) is 0 Å². The van der Waals surface area contributed by atoms with Crippen molar-refractivity contribution < 1.29 is 26.4 Å². The van der Waals surface area contributed by atoms with Gasteiger partial charge in [-0.05, 0) is 84.3 Å². The summed E-state index contributed by atoms with van der Waals surface area (Å²) in [5.41, 5.74) is 3.06. The van der Waals surface area contributed by atoms with Crippen LogP contribution in [0.25, 0.3) is 11.1 Å². The van der Waals surface area contributed by atoms with Crippen LogP contribution >= 0.6 is 0 Å². The normalized spacial score (nSPS) is 17.2. The number of alkyl halides is 4. The molecular weight excluding hydrogens is 537 g/mol. The summed E-state index contributed by atoms with van der Waals surface area (Å²) in [5.74, 6) is -0.570. The molecule has 8 heteroatoms. The minimum absolute atomic E-state index is 0.0579. The molecule has 4 rings (SSSR count). The van der Waals surface area contributed by atoms with Crippen LogP contribution in [-0.2, 0) is 17.0 Å². The Bertz CT molecular complexity index is 1340. The lowest BCUT2D eigenvalue weighted by atomic mass is 9.80. The number of aromatic nitrogens is 1. The highest BCUT2D eigenvalue weighted by Crippen LogP contribution is 2.49. The van der Waals surface area contributed by atoms with Crippen molar-refractivity contribution >= 4 is 8.32 Å². The van der Waals surface area contributed by atoms with Crippen molar-refractivity contribution in [3.8, 4) is 11.1 Å². The van der Waals surface area contributed by atoms with Crippen molar-refractivity contribution in [2.75, 3.05) is 0 Å². The van der Waals surface area contributed by atoms with Gasteiger partial charge in [-0.25, -0.2) is 8.78 Å². The summed E-state index contributed by atoms with van der Waals surface area (Å²) in [6.07, 6.45) is -4.26. The van der Waals surface area contributed by atoms with Gasteiger partial charge in [-0.3, -0.25) is 4.98 Å². The maximum atomic E-state index is 16.7. The summed E-state index contributed by atoms with van der Waals surface area (Å²) in [6.45, 7) is 14.7. The van der Waals surface area contributed by atoms with Gasteiger partial charge in [0.05, 0.1) is 17.4 Å². The molecule has 0 saturated carbocycles. The maximum absolute atomic E-state index is 16.7. The Morgan fingerprint density at radius 1 is 0.950 bits per heavy atom. The lowest BCUT2D eigenvalue weighted by molar-refractivity contribution is -0.137. The Hall–Kier alpha value is -2.58. The highest BCUT2D eigenvalue weighted by atomic mass is 28.4. The summed E-state index contributed by atoms with van der Waals surface area (Å²) in [7, 11) is -2.25. The smallest absolute Gasteiger partial charge is 0.410 e. The molecule has 1 aromatic heterocycles. The predicted molar refractivity (Wildman–Crippen MR) is 152 cm³/mol. The summed E-state index contributed by atoms with van der Waals surface area (Å²) < 4.78 is 77.4. The van der Waals surface area contributed by atoms with E-state index in [4.69, 9.17) is 9.41 Å². The zero-order valence-corrected chi connectivity index (χ0v) is 25.2. The number of hydrogen-bond acceptors (Lipinski definition) is 2. The molecule has 0 N–H and O–H groups in total. The number of fused-ring (bicyclic) bond motifs is 1. The molecule has 216 valence electrons. The molecule has 2 atom stereocenters. The molecule has 3 aromatic rings. The summed E-state index contributed by atoms with van der Waals surface area (Å²) in [4.78, 5) is 5.00. The zero-order chi connectivity index (χ0) is 29.6. The van der Waals surface area contributed by atoms with E-state index < -0.39 is 32.0 Å². The van der Waals surface area contributed by atoms with Gasteiger partial charge in [0.25, 0.3) is 0 Å². The first-order chi connectivity index (χ1) is 18.5. The van der Waals surface area contributed by atoms with E-state index >= 15 is 4.39 Å². The van der Waals surface area contributed by atoms with Gasteiger partial charge < -0.3 is 4.43 Å². The van der Waals surface area contributed by atoms with E-state index in [2.05, 4.69) is 33.9 Å². The fourth-order valence-corrected chi connectivity index (χ4v) is 6.40. The largest absolute Gasteiger partial charge is 0.416 e. The van der Waals surface area contributed by atoms with Gasteiger partial charge in [0.2, 0.25) is 0 Å². The van der Waals surface area contributed by atoms with Gasteiger partial charge in [0.1, 0.15) is 5.82 Å². The van der Waals surface area contributed by atoms with Gasteiger partial charge in [-0.1, -0.05) is 58.9 Å². The Morgan fingerprint density at radius 2 is 1.55 bits per heavy atom. The van der Waals surface area contributed by atoms with E-state index in [1.165, 1.54) is 24.3 Å². The Kier molecular flexibility index (Phi) is 8.36. The molecule has 0 aliphatic heterocycles. The van der Waals surface area contributed by atoms with Crippen LogP contribution in [0, 0.1) is 5.82 Å². The van der Waals surface area contributed by atoms with Crippen LogP contribution in [-0.4, -0.2) is 13.3 Å². The van der Waals surface area contributed by atoms with Crippen LogP contribution < -0.4 is 0 Å². The second kappa shape index (κ2) is 11.0. The Balaban J connectivity index is 2.00. The van der Waals surface area contributed by atoms with Gasteiger partial charge >= 0.3 is 6.18 Å². The van der Waals surface area contributed by atoms with Crippen LogP contribution in [0.15, 0.2) is 48.5 Å². The van der Waals surface area contributed by atoms with Crippen LogP contribution in [0.2, 0.25) is 18.1 Å². The Morgan fingerprint density at radius 3 is 2.08 bits per heavy atom. The van der Waals surface area contributed by atoms with E-state index in [1.807, 2.05) is 13.8 Å². The van der Waals surface area contributed by atoms with Crippen molar-refractivity contribution in [2.45, 2.75) is 96.4 Å². The van der Waals surface area contributed by atoms with E-state index in [-0.39, 0.29) is 22.6 Å². The molecule has 0 fully saturated rings. The number of halogens is 5. The lowest BCUT2D eigenvalue weighted by Crippen LogP contribution is -2.42. The van der Waals surface area contributed by atoms with Crippen molar-refractivity contribution in [3.05, 3.63) is 88.0 Å². The number of pyridine rings is 1. The molecule has 0 spiro atoms. The number of benzene rings is 2.